The zero-order valence-corrected chi connectivity index (χ0v) is 20.1. The molecule has 2 aliphatic rings. The van der Waals surface area contributed by atoms with E-state index in [2.05, 4.69) is 17.3 Å². The molecule has 1 aromatic carbocycles. The maximum absolute atomic E-state index is 14.4. The second-order valence-corrected chi connectivity index (χ2v) is 10.7. The number of para-hydroxylation sites is 1. The summed E-state index contributed by atoms with van der Waals surface area (Å²) in [4.78, 5) is 24.8. The van der Waals surface area contributed by atoms with Gasteiger partial charge in [0.15, 0.2) is 11.5 Å². The molecule has 1 aromatic heterocycles. The highest BCUT2D eigenvalue weighted by Crippen LogP contribution is 2.43. The minimum atomic E-state index is -2.69. The van der Waals surface area contributed by atoms with Crippen molar-refractivity contribution >= 4 is 22.6 Å². The van der Waals surface area contributed by atoms with Crippen LogP contribution in [0.3, 0.4) is 0 Å². The normalized spacial score (nSPS) is 19.2. The van der Waals surface area contributed by atoms with Crippen molar-refractivity contribution in [2.24, 2.45) is 17.3 Å². The Morgan fingerprint density at radius 2 is 1.85 bits per heavy atom. The van der Waals surface area contributed by atoms with Crippen LogP contribution in [0.2, 0.25) is 0 Å². The number of amides is 1. The van der Waals surface area contributed by atoms with Crippen LogP contribution in [0.5, 0.6) is 0 Å². The maximum atomic E-state index is 14.4. The van der Waals surface area contributed by atoms with Crippen molar-refractivity contribution in [1.29, 1.82) is 0 Å². The fourth-order valence-electron chi connectivity index (χ4n) is 4.39. The average Bonchev–Trinajstić information content (AvgIpc) is 3.02. The fourth-order valence-corrected chi connectivity index (χ4v) is 4.39. The van der Waals surface area contributed by atoms with Crippen molar-refractivity contribution < 1.29 is 22.8 Å². The van der Waals surface area contributed by atoms with E-state index in [9.17, 15) is 22.8 Å². The predicted octanol–water partition coefficient (Wildman–Crippen LogP) is 5.76. The number of nitrogens with zero attached hydrogens (tertiary/aromatic N) is 2. The predicted molar refractivity (Wildman–Crippen MR) is 122 cm³/mol. The molecule has 1 amide bonds. The second kappa shape index (κ2) is 9.47. The molecule has 0 bridgehead atoms. The van der Waals surface area contributed by atoms with E-state index in [4.69, 9.17) is 0 Å². The Labute approximate surface area is 193 Å². The molecule has 2 aromatic rings. The van der Waals surface area contributed by atoms with Gasteiger partial charge in [0, 0.05) is 24.8 Å². The number of Topliss-reactive ketones (excluding diaryl/α,β-unsaturated/α-hetero) is 1. The number of carbonyl (C=O) groups excluding carboxylic acids is 2. The molecular formula is C25H34F3N3O2. The number of nitrogens with one attached hydrogen (secondary N) is 1. The smallest absolute Gasteiger partial charge is 0.273 e. The summed E-state index contributed by atoms with van der Waals surface area (Å²) >= 11 is 0. The first-order chi connectivity index (χ1) is 15.3. The highest BCUT2D eigenvalue weighted by molar-refractivity contribution is 6.06. The van der Waals surface area contributed by atoms with E-state index in [1.54, 1.807) is 6.07 Å². The van der Waals surface area contributed by atoms with Gasteiger partial charge in [-0.25, -0.2) is 13.2 Å². The van der Waals surface area contributed by atoms with Crippen molar-refractivity contribution in [3.05, 3.63) is 29.7 Å². The monoisotopic (exact) mass is 465 g/mol. The molecule has 0 spiro atoms. The van der Waals surface area contributed by atoms with Crippen molar-refractivity contribution in [3.8, 4) is 0 Å². The largest absolute Gasteiger partial charge is 0.340 e. The quantitative estimate of drug-likeness (QED) is 0.611. The lowest BCUT2D eigenvalue weighted by Crippen LogP contribution is -2.48. The SMILES string of the molecule is CC(=O)C(NC(=O)c1nn(CC2CC(F)(F)C2)c2c(F)cccc12)C(C)(C)C.CC1CCC1. The van der Waals surface area contributed by atoms with Gasteiger partial charge in [-0.1, -0.05) is 59.1 Å². The number of hydrogen-bond donors (Lipinski definition) is 1. The van der Waals surface area contributed by atoms with Crippen LogP contribution in [0, 0.1) is 23.1 Å². The summed E-state index contributed by atoms with van der Waals surface area (Å²) in [6.07, 6.45) is 3.91. The molecule has 1 unspecified atom stereocenters. The van der Waals surface area contributed by atoms with Crippen LogP contribution in [-0.4, -0.2) is 33.4 Å². The summed E-state index contributed by atoms with van der Waals surface area (Å²) in [5, 5.41) is 7.20. The molecule has 1 atom stereocenters. The summed E-state index contributed by atoms with van der Waals surface area (Å²) in [6.45, 7) is 9.29. The average molecular weight is 466 g/mol. The highest BCUT2D eigenvalue weighted by Gasteiger charge is 2.45. The van der Waals surface area contributed by atoms with Crippen LogP contribution >= 0.6 is 0 Å². The van der Waals surface area contributed by atoms with Crippen LogP contribution in [0.4, 0.5) is 13.2 Å². The molecule has 0 aliphatic heterocycles. The van der Waals surface area contributed by atoms with Crippen LogP contribution < -0.4 is 5.32 Å². The van der Waals surface area contributed by atoms with Crippen LogP contribution in [0.15, 0.2) is 18.2 Å². The van der Waals surface area contributed by atoms with Gasteiger partial charge in [-0.05, 0) is 30.2 Å². The minimum Gasteiger partial charge on any atom is -0.340 e. The number of benzene rings is 1. The number of alkyl halides is 2. The molecule has 2 aliphatic carbocycles. The third kappa shape index (κ3) is 5.95. The Kier molecular flexibility index (Phi) is 7.24. The molecular weight excluding hydrogens is 431 g/mol. The molecule has 1 N–H and O–H groups in total. The van der Waals surface area contributed by atoms with Crippen molar-refractivity contribution in [1.82, 2.24) is 15.1 Å². The molecule has 2 fully saturated rings. The Bertz CT molecular complexity index is 1010. The summed E-state index contributed by atoms with van der Waals surface area (Å²) < 4.78 is 42.0. The molecule has 1 heterocycles. The lowest BCUT2D eigenvalue weighted by atomic mass is 9.81. The lowest BCUT2D eigenvalue weighted by Gasteiger charge is -2.34. The van der Waals surface area contributed by atoms with Gasteiger partial charge in [0.1, 0.15) is 11.3 Å². The first-order valence-electron chi connectivity index (χ1n) is 11.6. The number of hydrogen-bond acceptors (Lipinski definition) is 3. The molecule has 8 heteroatoms. The number of aromatic nitrogens is 2. The molecule has 5 nitrogen and oxygen atoms in total. The van der Waals surface area contributed by atoms with Crippen LogP contribution in [0.1, 0.15) is 77.2 Å². The summed E-state index contributed by atoms with van der Waals surface area (Å²) in [5.41, 5.74) is -0.420. The van der Waals surface area contributed by atoms with E-state index >= 15 is 0 Å². The zero-order valence-electron chi connectivity index (χ0n) is 20.1. The molecule has 33 heavy (non-hydrogen) atoms. The topological polar surface area (TPSA) is 64.0 Å². The Morgan fingerprint density at radius 3 is 2.30 bits per heavy atom. The van der Waals surface area contributed by atoms with Gasteiger partial charge >= 0.3 is 0 Å². The van der Waals surface area contributed by atoms with Gasteiger partial charge in [0.2, 0.25) is 5.92 Å². The highest BCUT2D eigenvalue weighted by atomic mass is 19.3. The molecule has 0 saturated heterocycles. The number of ketones is 1. The number of fused-ring (bicyclic) bond motifs is 1. The van der Waals surface area contributed by atoms with Gasteiger partial charge in [0.25, 0.3) is 5.91 Å². The zero-order chi connectivity index (χ0) is 24.6. The first kappa shape index (κ1) is 25.2. The fraction of sp³-hybridized carbons (Fsp3) is 0.640. The van der Waals surface area contributed by atoms with E-state index in [0.717, 1.165) is 5.92 Å². The standard InChI is InChI=1S/C20H24F3N3O2.C5H10/c1-11(27)17(19(2,3)4)24-18(28)15-13-6-5-7-14(21)16(13)26(25-15)10-12-8-20(22,23)9-12;1-5-3-2-4-5/h5-7,12,17H,8-10H2,1-4H3,(H,24,28);5H,2-4H2,1H3. The molecule has 2 saturated carbocycles. The number of carbonyl (C=O) groups is 2. The van der Waals surface area contributed by atoms with E-state index < -0.39 is 29.1 Å². The van der Waals surface area contributed by atoms with Crippen LogP contribution in [-0.2, 0) is 11.3 Å². The summed E-state index contributed by atoms with van der Waals surface area (Å²) in [7, 11) is 0. The van der Waals surface area contributed by atoms with Gasteiger partial charge in [-0.2, -0.15) is 5.10 Å². The van der Waals surface area contributed by atoms with Crippen LogP contribution in [0.25, 0.3) is 10.9 Å². The summed E-state index contributed by atoms with van der Waals surface area (Å²) in [5.74, 6) is -3.32. The maximum Gasteiger partial charge on any atom is 0.273 e. The van der Waals surface area contributed by atoms with E-state index in [1.165, 1.54) is 43.0 Å². The third-order valence-corrected chi connectivity index (χ3v) is 6.48. The number of rotatable bonds is 5. The van der Waals surface area contributed by atoms with Gasteiger partial charge in [-0.15, -0.1) is 0 Å². The van der Waals surface area contributed by atoms with E-state index in [1.807, 2.05) is 20.8 Å². The Hall–Kier alpha value is -2.38. The van der Waals surface area contributed by atoms with E-state index in [0.29, 0.717) is 5.39 Å². The lowest BCUT2D eigenvalue weighted by molar-refractivity contribution is -0.121. The van der Waals surface area contributed by atoms with Gasteiger partial charge in [-0.3, -0.25) is 14.3 Å². The molecule has 182 valence electrons. The minimum absolute atomic E-state index is 0.0175. The second-order valence-electron chi connectivity index (χ2n) is 10.7. The Morgan fingerprint density at radius 1 is 1.24 bits per heavy atom. The van der Waals surface area contributed by atoms with Gasteiger partial charge in [0.05, 0.1) is 6.04 Å². The van der Waals surface area contributed by atoms with E-state index in [-0.39, 0.29) is 42.3 Å². The Balaban J connectivity index is 0.000000541. The summed E-state index contributed by atoms with van der Waals surface area (Å²) in [6, 6.07) is 3.53. The first-order valence-corrected chi connectivity index (χ1v) is 11.6. The molecule has 4 rings (SSSR count). The third-order valence-electron chi connectivity index (χ3n) is 6.48. The van der Waals surface area contributed by atoms with Crippen molar-refractivity contribution in [2.45, 2.75) is 85.2 Å². The van der Waals surface area contributed by atoms with Gasteiger partial charge < -0.3 is 5.32 Å². The van der Waals surface area contributed by atoms with Crippen molar-refractivity contribution in [2.75, 3.05) is 0 Å². The number of halogens is 3. The molecule has 0 radical (unpaired) electrons. The van der Waals surface area contributed by atoms with Crippen molar-refractivity contribution in [3.63, 3.8) is 0 Å².